The summed E-state index contributed by atoms with van der Waals surface area (Å²) in [5.74, 6) is -0.359. The number of benzene rings is 1. The van der Waals surface area contributed by atoms with Crippen LogP contribution in [-0.2, 0) is 4.79 Å². The maximum Gasteiger partial charge on any atom is 0.324 e. The molecule has 0 aliphatic heterocycles. The third-order valence-electron chi connectivity index (χ3n) is 4.51. The summed E-state index contributed by atoms with van der Waals surface area (Å²) < 4.78 is 18.8. The summed E-state index contributed by atoms with van der Waals surface area (Å²) in [5, 5.41) is 12.5. The van der Waals surface area contributed by atoms with E-state index in [0.717, 1.165) is 12.8 Å². The molecule has 0 heterocycles. The van der Waals surface area contributed by atoms with Crippen molar-refractivity contribution in [3.05, 3.63) is 29.6 Å². The van der Waals surface area contributed by atoms with Crippen LogP contribution in [0, 0.1) is 18.7 Å². The molecule has 0 aromatic heterocycles. The molecule has 1 aliphatic rings. The van der Waals surface area contributed by atoms with Gasteiger partial charge in [0.05, 0.1) is 6.61 Å². The standard InChI is InChI=1S/C16H22FNO3/c1-11-10-13(5-6-14(11)17)21-9-7-12-4-3-8-16(12,18-2)15(19)20/h5-6,10,12,18H,3-4,7-9H2,1-2H3,(H,19,20). The van der Waals surface area contributed by atoms with Crippen LogP contribution in [0.15, 0.2) is 18.2 Å². The first-order valence-corrected chi connectivity index (χ1v) is 7.31. The number of halogens is 1. The summed E-state index contributed by atoms with van der Waals surface area (Å²) in [6, 6.07) is 4.64. The molecule has 1 saturated carbocycles. The molecule has 0 spiro atoms. The maximum atomic E-state index is 13.2. The van der Waals surface area contributed by atoms with Crippen molar-refractivity contribution in [2.24, 2.45) is 5.92 Å². The summed E-state index contributed by atoms with van der Waals surface area (Å²) in [6.45, 7) is 2.13. The number of hydrogen-bond donors (Lipinski definition) is 2. The van der Waals surface area contributed by atoms with Gasteiger partial charge in [-0.05, 0) is 62.9 Å². The quantitative estimate of drug-likeness (QED) is 0.847. The topological polar surface area (TPSA) is 58.6 Å². The molecule has 5 heteroatoms. The highest BCUT2D eigenvalue weighted by atomic mass is 19.1. The zero-order valence-electron chi connectivity index (χ0n) is 12.5. The Morgan fingerprint density at radius 1 is 1.57 bits per heavy atom. The molecular weight excluding hydrogens is 273 g/mol. The van der Waals surface area contributed by atoms with Gasteiger partial charge in [-0.3, -0.25) is 4.79 Å². The Kier molecular flexibility index (Phi) is 4.83. The molecule has 0 amide bonds. The van der Waals surface area contributed by atoms with E-state index in [1.165, 1.54) is 6.07 Å². The lowest BCUT2D eigenvalue weighted by Crippen LogP contribution is -2.53. The van der Waals surface area contributed by atoms with E-state index in [4.69, 9.17) is 4.74 Å². The first kappa shape index (κ1) is 15.8. The number of ether oxygens (including phenoxy) is 1. The first-order valence-electron chi connectivity index (χ1n) is 7.31. The van der Waals surface area contributed by atoms with Crippen molar-refractivity contribution < 1.29 is 19.0 Å². The fourth-order valence-corrected chi connectivity index (χ4v) is 3.21. The van der Waals surface area contributed by atoms with Gasteiger partial charge in [0.15, 0.2) is 0 Å². The highest BCUT2D eigenvalue weighted by molar-refractivity contribution is 5.79. The van der Waals surface area contributed by atoms with Gasteiger partial charge >= 0.3 is 5.97 Å². The van der Waals surface area contributed by atoms with Crippen molar-refractivity contribution >= 4 is 5.97 Å². The normalized spacial score (nSPS) is 25.0. The molecule has 1 fully saturated rings. The van der Waals surface area contributed by atoms with Gasteiger partial charge in [0, 0.05) is 0 Å². The molecular formula is C16H22FNO3. The highest BCUT2D eigenvalue weighted by Crippen LogP contribution is 2.38. The van der Waals surface area contributed by atoms with E-state index in [1.807, 2.05) is 0 Å². The van der Waals surface area contributed by atoms with Gasteiger partial charge in [-0.15, -0.1) is 0 Å². The van der Waals surface area contributed by atoms with Gasteiger partial charge in [0.25, 0.3) is 0 Å². The predicted molar refractivity (Wildman–Crippen MR) is 78.0 cm³/mol. The second-order valence-corrected chi connectivity index (χ2v) is 5.66. The van der Waals surface area contributed by atoms with E-state index >= 15 is 0 Å². The average Bonchev–Trinajstić information content (AvgIpc) is 2.87. The molecule has 2 unspecified atom stereocenters. The fraction of sp³-hybridized carbons (Fsp3) is 0.562. The van der Waals surface area contributed by atoms with Crippen molar-refractivity contribution in [1.82, 2.24) is 5.32 Å². The zero-order valence-corrected chi connectivity index (χ0v) is 12.5. The Morgan fingerprint density at radius 2 is 2.33 bits per heavy atom. The molecule has 21 heavy (non-hydrogen) atoms. The number of rotatable bonds is 6. The van der Waals surface area contributed by atoms with Crippen LogP contribution >= 0.6 is 0 Å². The maximum absolute atomic E-state index is 13.2. The molecule has 2 rings (SSSR count). The van der Waals surface area contributed by atoms with Crippen molar-refractivity contribution in [1.29, 1.82) is 0 Å². The minimum Gasteiger partial charge on any atom is -0.494 e. The number of nitrogens with one attached hydrogen (secondary N) is 1. The van der Waals surface area contributed by atoms with Gasteiger partial charge in [-0.1, -0.05) is 6.42 Å². The Morgan fingerprint density at radius 3 is 2.95 bits per heavy atom. The zero-order chi connectivity index (χ0) is 15.5. The fourth-order valence-electron chi connectivity index (χ4n) is 3.21. The SMILES string of the molecule is CNC1(C(=O)O)CCCC1CCOc1ccc(F)c(C)c1. The van der Waals surface area contributed by atoms with Crippen LogP contribution in [-0.4, -0.2) is 30.3 Å². The smallest absolute Gasteiger partial charge is 0.324 e. The minimum atomic E-state index is -0.831. The summed E-state index contributed by atoms with van der Waals surface area (Å²) in [7, 11) is 1.70. The van der Waals surface area contributed by atoms with Crippen LogP contribution in [0.4, 0.5) is 4.39 Å². The molecule has 116 valence electrons. The van der Waals surface area contributed by atoms with E-state index in [-0.39, 0.29) is 11.7 Å². The number of aryl methyl sites for hydroxylation is 1. The lowest BCUT2D eigenvalue weighted by Gasteiger charge is -2.30. The van der Waals surface area contributed by atoms with Crippen molar-refractivity contribution in [3.8, 4) is 5.75 Å². The molecule has 1 aromatic carbocycles. The van der Waals surface area contributed by atoms with Crippen molar-refractivity contribution in [3.63, 3.8) is 0 Å². The van der Waals surface area contributed by atoms with Crippen molar-refractivity contribution in [2.45, 2.75) is 38.1 Å². The Labute approximate surface area is 124 Å². The van der Waals surface area contributed by atoms with E-state index in [1.54, 1.807) is 26.1 Å². The molecule has 1 aromatic rings. The second kappa shape index (κ2) is 6.43. The third kappa shape index (κ3) is 3.18. The minimum absolute atomic E-state index is 0.0570. The van der Waals surface area contributed by atoms with Crippen LogP contribution < -0.4 is 10.1 Å². The number of carbonyl (C=O) groups is 1. The predicted octanol–water partition coefficient (Wildman–Crippen LogP) is 2.75. The van der Waals surface area contributed by atoms with Gasteiger partial charge in [-0.25, -0.2) is 4.39 Å². The molecule has 2 N–H and O–H groups in total. The number of carboxylic acid groups (broad SMARTS) is 1. The van der Waals surface area contributed by atoms with E-state index in [0.29, 0.717) is 30.8 Å². The number of hydrogen-bond acceptors (Lipinski definition) is 3. The monoisotopic (exact) mass is 295 g/mol. The second-order valence-electron chi connectivity index (χ2n) is 5.66. The van der Waals surface area contributed by atoms with Gasteiger partial charge in [0.1, 0.15) is 17.1 Å². The number of carboxylic acids is 1. The van der Waals surface area contributed by atoms with Crippen molar-refractivity contribution in [2.75, 3.05) is 13.7 Å². The molecule has 0 radical (unpaired) electrons. The molecule has 1 aliphatic carbocycles. The first-order chi connectivity index (χ1) is 9.99. The van der Waals surface area contributed by atoms with Gasteiger partial charge in [0.2, 0.25) is 0 Å². The Hall–Kier alpha value is -1.62. The average molecular weight is 295 g/mol. The molecule has 4 nitrogen and oxygen atoms in total. The number of likely N-dealkylation sites (N-methyl/N-ethyl adjacent to an activating group) is 1. The molecule has 0 saturated heterocycles. The van der Waals surface area contributed by atoms with Crippen LogP contribution in [0.2, 0.25) is 0 Å². The Balaban J connectivity index is 1.93. The molecule has 2 atom stereocenters. The van der Waals surface area contributed by atoms with Gasteiger partial charge < -0.3 is 15.2 Å². The highest BCUT2D eigenvalue weighted by Gasteiger charge is 2.47. The summed E-state index contributed by atoms with van der Waals surface area (Å²) in [6.07, 6.45) is 3.12. The lowest BCUT2D eigenvalue weighted by molar-refractivity contribution is -0.146. The van der Waals surface area contributed by atoms with E-state index in [2.05, 4.69) is 5.32 Å². The van der Waals surface area contributed by atoms with Crippen LogP contribution in [0.5, 0.6) is 5.75 Å². The summed E-state index contributed by atoms with van der Waals surface area (Å²) in [5.41, 5.74) is -0.286. The van der Waals surface area contributed by atoms with Gasteiger partial charge in [-0.2, -0.15) is 0 Å². The third-order valence-corrected chi connectivity index (χ3v) is 4.51. The van der Waals surface area contributed by atoms with E-state index in [9.17, 15) is 14.3 Å². The summed E-state index contributed by atoms with van der Waals surface area (Å²) >= 11 is 0. The van der Waals surface area contributed by atoms with E-state index < -0.39 is 11.5 Å². The summed E-state index contributed by atoms with van der Waals surface area (Å²) in [4.78, 5) is 11.5. The largest absolute Gasteiger partial charge is 0.494 e. The Bertz CT molecular complexity index is 520. The van der Waals surface area contributed by atoms with Crippen LogP contribution in [0.1, 0.15) is 31.2 Å². The lowest BCUT2D eigenvalue weighted by atomic mass is 9.85. The van der Waals surface area contributed by atoms with Crippen LogP contribution in [0.3, 0.4) is 0 Å². The number of aliphatic carboxylic acids is 1. The van der Waals surface area contributed by atoms with Crippen LogP contribution in [0.25, 0.3) is 0 Å². The molecule has 0 bridgehead atoms.